The molecule has 0 heterocycles. The molecule has 1 N–H and O–H groups in total. The highest BCUT2D eigenvalue weighted by Gasteiger charge is 2.27. The lowest BCUT2D eigenvalue weighted by Gasteiger charge is -2.24. The van der Waals surface area contributed by atoms with Crippen LogP contribution in [0.5, 0.6) is 5.75 Å². The van der Waals surface area contributed by atoms with Crippen molar-refractivity contribution in [3.05, 3.63) is 88.4 Å². The Morgan fingerprint density at radius 2 is 1.53 bits per heavy atom. The van der Waals surface area contributed by atoms with Gasteiger partial charge in [0.2, 0.25) is 5.91 Å². The van der Waals surface area contributed by atoms with Crippen molar-refractivity contribution in [2.45, 2.75) is 10.6 Å². The van der Waals surface area contributed by atoms with Crippen LogP contribution in [-0.2, 0) is 20.6 Å². The summed E-state index contributed by atoms with van der Waals surface area (Å²) in [5.74, 6) is 1.60. The van der Waals surface area contributed by atoms with Crippen LogP contribution in [0.1, 0.15) is 5.56 Å². The third-order valence-corrected chi connectivity index (χ3v) is 8.12. The number of nitrogens with zero attached hydrogens (tertiary/aromatic N) is 1. The first-order chi connectivity index (χ1) is 16.3. The van der Waals surface area contributed by atoms with Crippen LogP contribution in [0.4, 0.5) is 5.69 Å². The molecule has 0 aromatic heterocycles. The average Bonchev–Trinajstić information content (AvgIpc) is 2.84. The minimum atomic E-state index is -4.00. The summed E-state index contributed by atoms with van der Waals surface area (Å²) in [5, 5.41) is 3.95. The standard InChI is InChI=1S/C24H24Cl2N2O4S2/c1-32-22-10-12-23(13-11-22)34(30,31)28(21-8-6-20(26)7-9-21)16-24(29)27-14-15-33-17-18-2-4-19(25)5-3-18/h2-13H,14-17H2,1H3,(H,27,29). The Hall–Kier alpha value is -2.39. The van der Waals surface area contributed by atoms with E-state index in [1.165, 1.54) is 19.2 Å². The zero-order valence-electron chi connectivity index (χ0n) is 18.4. The Balaban J connectivity index is 1.64. The third-order valence-electron chi connectivity index (χ3n) is 4.80. The lowest BCUT2D eigenvalue weighted by Crippen LogP contribution is -2.41. The summed E-state index contributed by atoms with van der Waals surface area (Å²) in [4.78, 5) is 12.7. The second-order valence-corrected chi connectivity index (χ2v) is 11.0. The summed E-state index contributed by atoms with van der Waals surface area (Å²) in [6, 6.07) is 19.9. The van der Waals surface area contributed by atoms with Crippen molar-refractivity contribution in [2.75, 3.05) is 30.3 Å². The highest BCUT2D eigenvalue weighted by molar-refractivity contribution is 7.98. The molecule has 0 spiro atoms. The van der Waals surface area contributed by atoms with E-state index < -0.39 is 15.9 Å². The van der Waals surface area contributed by atoms with Gasteiger partial charge in [-0.05, 0) is 66.2 Å². The van der Waals surface area contributed by atoms with Gasteiger partial charge in [-0.3, -0.25) is 9.10 Å². The number of amides is 1. The quantitative estimate of drug-likeness (QED) is 0.337. The highest BCUT2D eigenvalue weighted by atomic mass is 35.5. The van der Waals surface area contributed by atoms with E-state index in [1.807, 2.05) is 24.3 Å². The maximum absolute atomic E-state index is 13.4. The SMILES string of the molecule is COc1ccc(S(=O)(=O)N(CC(=O)NCCSCc2ccc(Cl)cc2)c2ccc(Cl)cc2)cc1. The van der Waals surface area contributed by atoms with Crippen molar-refractivity contribution in [1.29, 1.82) is 0 Å². The van der Waals surface area contributed by atoms with E-state index in [9.17, 15) is 13.2 Å². The van der Waals surface area contributed by atoms with Crippen LogP contribution in [0.25, 0.3) is 0 Å². The monoisotopic (exact) mass is 538 g/mol. The summed E-state index contributed by atoms with van der Waals surface area (Å²) in [6.45, 7) is 0.0476. The second kappa shape index (κ2) is 12.4. The molecule has 180 valence electrons. The number of anilines is 1. The van der Waals surface area contributed by atoms with Crippen molar-refractivity contribution < 1.29 is 17.9 Å². The van der Waals surface area contributed by atoms with Crippen LogP contribution >= 0.6 is 35.0 Å². The van der Waals surface area contributed by atoms with Crippen LogP contribution in [-0.4, -0.2) is 40.3 Å². The molecule has 0 bridgehead atoms. The molecule has 0 unspecified atom stereocenters. The first kappa shape index (κ1) is 26.2. The van der Waals surface area contributed by atoms with Gasteiger partial charge in [0.25, 0.3) is 10.0 Å². The fraction of sp³-hybridized carbons (Fsp3) is 0.208. The maximum atomic E-state index is 13.4. The van der Waals surface area contributed by atoms with Crippen LogP contribution in [0.15, 0.2) is 77.7 Å². The molecule has 0 aliphatic rings. The van der Waals surface area contributed by atoms with Crippen LogP contribution < -0.4 is 14.4 Å². The Morgan fingerprint density at radius 1 is 0.941 bits per heavy atom. The topological polar surface area (TPSA) is 75.7 Å². The van der Waals surface area contributed by atoms with Gasteiger partial charge >= 0.3 is 0 Å². The molecule has 3 aromatic rings. The van der Waals surface area contributed by atoms with E-state index in [0.29, 0.717) is 33.8 Å². The number of ether oxygens (including phenoxy) is 1. The fourth-order valence-corrected chi connectivity index (χ4v) is 5.51. The Kier molecular flexibility index (Phi) is 9.53. The molecule has 0 radical (unpaired) electrons. The van der Waals surface area contributed by atoms with Crippen molar-refractivity contribution in [3.63, 3.8) is 0 Å². The molecule has 10 heteroatoms. The van der Waals surface area contributed by atoms with E-state index in [-0.39, 0.29) is 11.4 Å². The third kappa shape index (κ3) is 7.30. The minimum absolute atomic E-state index is 0.0505. The molecule has 3 rings (SSSR count). The Morgan fingerprint density at radius 3 is 2.12 bits per heavy atom. The Bertz CT molecular complexity index is 1190. The molecular formula is C24H24Cl2N2O4S2. The summed E-state index contributed by atoms with van der Waals surface area (Å²) < 4.78 is 32.9. The van der Waals surface area contributed by atoms with Gasteiger partial charge in [0.15, 0.2) is 0 Å². The molecule has 0 aliphatic carbocycles. The van der Waals surface area contributed by atoms with Gasteiger partial charge in [-0.15, -0.1) is 0 Å². The van der Waals surface area contributed by atoms with Crippen LogP contribution in [0.2, 0.25) is 10.0 Å². The molecule has 3 aromatic carbocycles. The lowest BCUT2D eigenvalue weighted by atomic mass is 10.2. The predicted molar refractivity (Wildman–Crippen MR) is 140 cm³/mol. The minimum Gasteiger partial charge on any atom is -0.497 e. The van der Waals surface area contributed by atoms with Crippen molar-refractivity contribution in [1.82, 2.24) is 5.32 Å². The lowest BCUT2D eigenvalue weighted by molar-refractivity contribution is -0.119. The van der Waals surface area contributed by atoms with Crippen LogP contribution in [0.3, 0.4) is 0 Å². The molecule has 1 amide bonds. The second-order valence-electron chi connectivity index (χ2n) is 7.19. The van der Waals surface area contributed by atoms with Crippen molar-refractivity contribution in [2.24, 2.45) is 0 Å². The molecular weight excluding hydrogens is 515 g/mol. The van der Waals surface area contributed by atoms with E-state index in [1.54, 1.807) is 48.2 Å². The highest BCUT2D eigenvalue weighted by Crippen LogP contribution is 2.26. The summed E-state index contributed by atoms with van der Waals surface area (Å²) in [6.07, 6.45) is 0. The van der Waals surface area contributed by atoms with Crippen LogP contribution in [0, 0.1) is 0 Å². The normalized spacial score (nSPS) is 11.1. The number of methoxy groups -OCH3 is 1. The van der Waals surface area contributed by atoms with Gasteiger partial charge in [0, 0.05) is 28.1 Å². The molecule has 6 nitrogen and oxygen atoms in total. The van der Waals surface area contributed by atoms with E-state index in [2.05, 4.69) is 5.32 Å². The van der Waals surface area contributed by atoms with E-state index >= 15 is 0 Å². The summed E-state index contributed by atoms with van der Waals surface area (Å²) in [5.41, 5.74) is 1.48. The molecule has 0 saturated heterocycles. The van der Waals surface area contributed by atoms with Crippen molar-refractivity contribution in [3.8, 4) is 5.75 Å². The molecule has 0 atom stereocenters. The smallest absolute Gasteiger partial charge is 0.264 e. The number of thioether (sulfide) groups is 1. The number of sulfonamides is 1. The summed E-state index contributed by atoms with van der Waals surface area (Å²) in [7, 11) is -2.50. The van der Waals surface area contributed by atoms with Gasteiger partial charge in [0.05, 0.1) is 17.7 Å². The maximum Gasteiger partial charge on any atom is 0.264 e. The first-order valence-corrected chi connectivity index (χ1v) is 13.7. The van der Waals surface area contributed by atoms with Crippen molar-refractivity contribution >= 4 is 56.6 Å². The van der Waals surface area contributed by atoms with E-state index in [0.717, 1.165) is 15.6 Å². The first-order valence-electron chi connectivity index (χ1n) is 10.3. The van der Waals surface area contributed by atoms with Gasteiger partial charge in [-0.1, -0.05) is 35.3 Å². The number of nitrogens with one attached hydrogen (secondary N) is 1. The predicted octanol–water partition coefficient (Wildman–Crippen LogP) is 5.25. The fourth-order valence-electron chi connectivity index (χ4n) is 3.02. The molecule has 0 fully saturated rings. The number of rotatable bonds is 11. The zero-order chi connectivity index (χ0) is 24.6. The average molecular weight is 540 g/mol. The number of benzene rings is 3. The van der Waals surface area contributed by atoms with Gasteiger partial charge in [-0.2, -0.15) is 11.8 Å². The largest absolute Gasteiger partial charge is 0.497 e. The summed E-state index contributed by atoms with van der Waals surface area (Å²) >= 11 is 13.5. The van der Waals surface area contributed by atoms with Gasteiger partial charge in [-0.25, -0.2) is 8.42 Å². The molecule has 0 saturated carbocycles. The van der Waals surface area contributed by atoms with Gasteiger partial charge < -0.3 is 10.1 Å². The zero-order valence-corrected chi connectivity index (χ0v) is 21.6. The number of hydrogen-bond donors (Lipinski definition) is 1. The van der Waals surface area contributed by atoms with Gasteiger partial charge in [0.1, 0.15) is 12.3 Å². The van der Waals surface area contributed by atoms with E-state index in [4.69, 9.17) is 27.9 Å². The number of hydrogen-bond acceptors (Lipinski definition) is 5. The Labute approximate surface area is 214 Å². The molecule has 34 heavy (non-hydrogen) atoms. The number of carbonyl (C=O) groups is 1. The molecule has 0 aliphatic heterocycles. The number of carbonyl (C=O) groups excluding carboxylic acids is 1. The number of halogens is 2.